The Labute approximate surface area is 60.5 Å². The lowest BCUT2D eigenvalue weighted by Crippen LogP contribution is -2.56. The Kier molecular flexibility index (Phi) is 1.74. The van der Waals surface area contributed by atoms with Gasteiger partial charge in [0.25, 0.3) is 0 Å². The average molecular weight is 165 g/mol. The fourth-order valence-corrected chi connectivity index (χ4v) is 2.80. The molecule has 10 heavy (non-hydrogen) atoms. The van der Waals surface area contributed by atoms with Gasteiger partial charge in [-0.25, -0.2) is 4.21 Å². The van der Waals surface area contributed by atoms with E-state index in [4.69, 9.17) is 14.3 Å². The highest BCUT2D eigenvalue weighted by Gasteiger charge is 2.47. The molecule has 1 rings (SSSR count). The van der Waals surface area contributed by atoms with Crippen molar-refractivity contribution in [3.63, 3.8) is 0 Å². The van der Waals surface area contributed by atoms with Gasteiger partial charge >= 0.3 is 0 Å². The van der Waals surface area contributed by atoms with E-state index in [9.17, 15) is 4.21 Å². The molecule has 5 heteroatoms. The summed E-state index contributed by atoms with van der Waals surface area (Å²) in [6.07, 6.45) is 0. The molecular weight excluding hydrogens is 154 g/mol. The standard InChI is InChI=1S/C5H11NO3S/c1-8-5(9-2)3-10(6,7)4-5/h6H,3-4H2,1-2H3. The van der Waals surface area contributed by atoms with Crippen LogP contribution in [0.5, 0.6) is 0 Å². The maximum Gasteiger partial charge on any atom is 0.192 e. The van der Waals surface area contributed by atoms with E-state index in [0.717, 1.165) is 0 Å². The summed E-state index contributed by atoms with van der Waals surface area (Å²) < 4.78 is 27.9. The summed E-state index contributed by atoms with van der Waals surface area (Å²) in [7, 11) is 0.633. The third-order valence-electron chi connectivity index (χ3n) is 1.65. The van der Waals surface area contributed by atoms with Gasteiger partial charge < -0.3 is 9.47 Å². The molecule has 0 amide bonds. The molecule has 0 aliphatic carbocycles. The topological polar surface area (TPSA) is 59.4 Å². The van der Waals surface area contributed by atoms with Gasteiger partial charge in [-0.2, -0.15) is 0 Å². The van der Waals surface area contributed by atoms with Crippen molar-refractivity contribution in [2.75, 3.05) is 25.7 Å². The summed E-state index contributed by atoms with van der Waals surface area (Å²) in [6, 6.07) is 0. The molecule has 0 aromatic rings. The summed E-state index contributed by atoms with van der Waals surface area (Å²) in [4.78, 5) is 0. The zero-order chi connectivity index (χ0) is 7.83. The predicted molar refractivity (Wildman–Crippen MR) is 37.3 cm³/mol. The van der Waals surface area contributed by atoms with Crippen molar-refractivity contribution in [3.8, 4) is 0 Å². The van der Waals surface area contributed by atoms with Gasteiger partial charge in [0.2, 0.25) is 0 Å². The lowest BCUT2D eigenvalue weighted by molar-refractivity contribution is -0.182. The molecule has 0 unspecified atom stereocenters. The van der Waals surface area contributed by atoms with Crippen molar-refractivity contribution in [1.29, 1.82) is 4.78 Å². The molecule has 0 atom stereocenters. The quantitative estimate of drug-likeness (QED) is 0.587. The molecule has 0 saturated carbocycles. The van der Waals surface area contributed by atoms with Gasteiger partial charge in [-0.15, -0.1) is 0 Å². The molecule has 1 aliphatic rings. The molecule has 1 fully saturated rings. The molecule has 60 valence electrons. The lowest BCUT2D eigenvalue weighted by atomic mass is 10.3. The molecule has 0 radical (unpaired) electrons. The Balaban J connectivity index is 2.63. The van der Waals surface area contributed by atoms with Gasteiger partial charge in [0.1, 0.15) is 0 Å². The van der Waals surface area contributed by atoms with Crippen LogP contribution < -0.4 is 0 Å². The van der Waals surface area contributed by atoms with Crippen LogP contribution in [0.1, 0.15) is 0 Å². The van der Waals surface area contributed by atoms with Crippen molar-refractivity contribution >= 4 is 9.73 Å². The molecule has 4 nitrogen and oxygen atoms in total. The van der Waals surface area contributed by atoms with Crippen LogP contribution in [0.4, 0.5) is 0 Å². The first-order chi connectivity index (χ1) is 4.54. The van der Waals surface area contributed by atoms with Gasteiger partial charge in [-0.3, -0.25) is 4.78 Å². The maximum atomic E-state index is 10.9. The summed E-state index contributed by atoms with van der Waals surface area (Å²) in [5, 5.41) is 0. The zero-order valence-electron chi connectivity index (χ0n) is 6.05. The van der Waals surface area contributed by atoms with Crippen molar-refractivity contribution in [2.24, 2.45) is 0 Å². The highest BCUT2D eigenvalue weighted by molar-refractivity contribution is 7.94. The Bertz CT molecular complexity index is 203. The van der Waals surface area contributed by atoms with Crippen LogP contribution in [0.2, 0.25) is 0 Å². The predicted octanol–water partition coefficient (Wildman–Crippen LogP) is 0.0359. The van der Waals surface area contributed by atoms with Crippen LogP contribution >= 0.6 is 0 Å². The van der Waals surface area contributed by atoms with Crippen LogP contribution in [0, 0.1) is 4.78 Å². The largest absolute Gasteiger partial charge is 0.351 e. The van der Waals surface area contributed by atoms with Crippen LogP contribution in [-0.4, -0.2) is 35.7 Å². The normalized spacial score (nSPS) is 27.4. The number of ether oxygens (including phenoxy) is 2. The Morgan fingerprint density at radius 2 is 1.80 bits per heavy atom. The minimum atomic E-state index is -2.36. The molecule has 1 heterocycles. The molecule has 0 spiro atoms. The van der Waals surface area contributed by atoms with Crippen molar-refractivity contribution < 1.29 is 13.7 Å². The monoisotopic (exact) mass is 165 g/mol. The first-order valence-corrected chi connectivity index (χ1v) is 4.78. The van der Waals surface area contributed by atoms with Crippen molar-refractivity contribution in [3.05, 3.63) is 0 Å². The Hall–Kier alpha value is -0.130. The van der Waals surface area contributed by atoms with E-state index in [2.05, 4.69) is 0 Å². The molecule has 0 bridgehead atoms. The molecule has 1 aliphatic heterocycles. The summed E-state index contributed by atoms with van der Waals surface area (Å²) in [5.74, 6) is -0.321. The van der Waals surface area contributed by atoms with Gasteiger partial charge in [0, 0.05) is 14.2 Å². The Morgan fingerprint density at radius 3 is 1.90 bits per heavy atom. The molecule has 0 aromatic carbocycles. The number of methoxy groups -OCH3 is 2. The van der Waals surface area contributed by atoms with Crippen LogP contribution in [-0.2, 0) is 19.2 Å². The van der Waals surface area contributed by atoms with E-state index in [0.29, 0.717) is 0 Å². The Morgan fingerprint density at radius 1 is 1.40 bits per heavy atom. The molecular formula is C5H11NO3S. The van der Waals surface area contributed by atoms with E-state index >= 15 is 0 Å². The number of hydrogen-bond acceptors (Lipinski definition) is 4. The second kappa shape index (κ2) is 2.18. The molecule has 0 aromatic heterocycles. The SMILES string of the molecule is COC1(OC)CS(=N)(=O)C1. The van der Waals surface area contributed by atoms with E-state index in [1.54, 1.807) is 0 Å². The van der Waals surface area contributed by atoms with Gasteiger partial charge in [0.05, 0.1) is 21.2 Å². The van der Waals surface area contributed by atoms with Gasteiger partial charge in [-0.05, 0) is 0 Å². The molecule has 1 saturated heterocycles. The average Bonchev–Trinajstić information content (AvgIpc) is 1.82. The smallest absolute Gasteiger partial charge is 0.192 e. The van der Waals surface area contributed by atoms with Crippen LogP contribution in [0.15, 0.2) is 0 Å². The van der Waals surface area contributed by atoms with E-state index in [1.807, 2.05) is 0 Å². The summed E-state index contributed by atoms with van der Waals surface area (Å²) >= 11 is 0. The highest BCUT2D eigenvalue weighted by Crippen LogP contribution is 2.27. The maximum absolute atomic E-state index is 10.9. The van der Waals surface area contributed by atoms with Crippen molar-refractivity contribution in [1.82, 2.24) is 0 Å². The van der Waals surface area contributed by atoms with Crippen molar-refractivity contribution in [2.45, 2.75) is 5.79 Å². The van der Waals surface area contributed by atoms with E-state index in [1.165, 1.54) is 14.2 Å². The second-order valence-corrected chi connectivity index (χ2v) is 4.62. The van der Waals surface area contributed by atoms with E-state index in [-0.39, 0.29) is 11.5 Å². The van der Waals surface area contributed by atoms with Crippen LogP contribution in [0.3, 0.4) is 0 Å². The fourth-order valence-electron chi connectivity index (χ4n) is 0.987. The highest BCUT2D eigenvalue weighted by atomic mass is 32.2. The van der Waals surface area contributed by atoms with Crippen LogP contribution in [0.25, 0.3) is 0 Å². The number of hydrogen-bond donors (Lipinski definition) is 1. The zero-order valence-corrected chi connectivity index (χ0v) is 6.86. The summed E-state index contributed by atoms with van der Waals surface area (Å²) in [5.41, 5.74) is 0. The first kappa shape index (κ1) is 7.97. The van der Waals surface area contributed by atoms with Gasteiger partial charge in [-0.1, -0.05) is 0 Å². The third kappa shape index (κ3) is 1.16. The van der Waals surface area contributed by atoms with E-state index < -0.39 is 15.5 Å². The number of nitrogens with one attached hydrogen (secondary N) is 1. The minimum absolute atomic E-state index is 0.201. The van der Waals surface area contributed by atoms with Gasteiger partial charge in [0.15, 0.2) is 5.79 Å². The third-order valence-corrected chi connectivity index (χ3v) is 3.46. The first-order valence-electron chi connectivity index (χ1n) is 2.88. The lowest BCUT2D eigenvalue weighted by Gasteiger charge is -2.39. The molecule has 1 N–H and O–H groups in total. The fraction of sp³-hybridized carbons (Fsp3) is 1.00. The minimum Gasteiger partial charge on any atom is -0.351 e. The second-order valence-electron chi connectivity index (χ2n) is 2.42. The summed E-state index contributed by atoms with van der Waals surface area (Å²) in [6.45, 7) is 0. The number of rotatable bonds is 2.